The van der Waals surface area contributed by atoms with Gasteiger partial charge in [-0.1, -0.05) is 6.92 Å². The van der Waals surface area contributed by atoms with Gasteiger partial charge in [0, 0.05) is 11.8 Å². The van der Waals surface area contributed by atoms with Crippen molar-refractivity contribution in [3.8, 4) is 0 Å². The molecule has 4 fully saturated rings. The van der Waals surface area contributed by atoms with Crippen LogP contribution in [0.5, 0.6) is 0 Å². The zero-order valence-corrected chi connectivity index (χ0v) is 15.1. The van der Waals surface area contributed by atoms with Crippen LogP contribution in [0.25, 0.3) is 0 Å². The van der Waals surface area contributed by atoms with E-state index in [9.17, 15) is 13.2 Å². The number of hydrogen-bond donors (Lipinski definition) is 1. The van der Waals surface area contributed by atoms with Crippen molar-refractivity contribution in [2.24, 2.45) is 35.0 Å². The van der Waals surface area contributed by atoms with Gasteiger partial charge >= 0.3 is 10.4 Å². The fraction of sp³-hybridized carbons (Fsp3) is 0.944. The Kier molecular flexibility index (Phi) is 4.09. The first-order chi connectivity index (χ1) is 11.3. The maximum Gasteiger partial charge on any atom is 0.397 e. The highest BCUT2D eigenvalue weighted by Crippen LogP contribution is 2.61. The van der Waals surface area contributed by atoms with Crippen molar-refractivity contribution >= 4 is 16.2 Å². The Labute approximate surface area is 144 Å². The van der Waals surface area contributed by atoms with Gasteiger partial charge < -0.3 is 0 Å². The highest BCUT2D eigenvalue weighted by atomic mass is 32.3. The lowest BCUT2D eigenvalue weighted by atomic mass is 9.50. The molecule has 5 nitrogen and oxygen atoms in total. The lowest BCUT2D eigenvalue weighted by molar-refractivity contribution is -0.133. The smallest absolute Gasteiger partial charge is 0.299 e. The van der Waals surface area contributed by atoms with Gasteiger partial charge in [-0.15, -0.1) is 0 Å². The number of rotatable bonds is 2. The molecule has 24 heavy (non-hydrogen) atoms. The van der Waals surface area contributed by atoms with Crippen LogP contribution in [-0.2, 0) is 19.4 Å². The topological polar surface area (TPSA) is 80.7 Å². The predicted octanol–water partition coefficient (Wildman–Crippen LogP) is 3.40. The molecule has 0 spiro atoms. The third-order valence-electron chi connectivity index (χ3n) is 7.87. The SMILES string of the molecule is C[C@]12CC[C@H]3[C@@H](CC[C@@H]4C[C@H](OS(=O)(=O)O)CC[C@@H]43)[C@@H]1CCC2=O. The van der Waals surface area contributed by atoms with Crippen molar-refractivity contribution in [1.29, 1.82) is 0 Å². The molecule has 0 saturated heterocycles. The zero-order chi connectivity index (χ0) is 17.1. The van der Waals surface area contributed by atoms with E-state index >= 15 is 0 Å². The zero-order valence-electron chi connectivity index (χ0n) is 14.3. The summed E-state index contributed by atoms with van der Waals surface area (Å²) >= 11 is 0. The molecule has 0 unspecified atom stereocenters. The van der Waals surface area contributed by atoms with E-state index in [0.29, 0.717) is 41.8 Å². The maximum absolute atomic E-state index is 12.4. The highest BCUT2D eigenvalue weighted by molar-refractivity contribution is 7.80. The van der Waals surface area contributed by atoms with E-state index in [1.54, 1.807) is 0 Å². The fourth-order valence-electron chi connectivity index (χ4n) is 6.84. The lowest BCUT2D eigenvalue weighted by Crippen LogP contribution is -2.49. The van der Waals surface area contributed by atoms with Crippen LogP contribution < -0.4 is 0 Å². The van der Waals surface area contributed by atoms with Crippen LogP contribution >= 0.6 is 0 Å². The summed E-state index contributed by atoms with van der Waals surface area (Å²) in [6.07, 6.45) is 8.38. The summed E-state index contributed by atoms with van der Waals surface area (Å²) in [5, 5.41) is 0. The molecule has 6 heteroatoms. The summed E-state index contributed by atoms with van der Waals surface area (Å²) in [7, 11) is -4.35. The van der Waals surface area contributed by atoms with Crippen molar-refractivity contribution in [3.05, 3.63) is 0 Å². The molecule has 4 aliphatic carbocycles. The van der Waals surface area contributed by atoms with Crippen LogP contribution in [0.4, 0.5) is 0 Å². The normalized spacial score (nSPS) is 48.5. The molecule has 1 N–H and O–H groups in total. The van der Waals surface area contributed by atoms with E-state index in [-0.39, 0.29) is 11.5 Å². The Morgan fingerprint density at radius 2 is 1.79 bits per heavy atom. The van der Waals surface area contributed by atoms with Crippen LogP contribution in [0.2, 0.25) is 0 Å². The quantitative estimate of drug-likeness (QED) is 0.767. The van der Waals surface area contributed by atoms with Crippen LogP contribution in [0.15, 0.2) is 0 Å². The van der Waals surface area contributed by atoms with Crippen LogP contribution in [0, 0.1) is 35.0 Å². The molecule has 0 aliphatic heterocycles. The minimum atomic E-state index is -4.35. The van der Waals surface area contributed by atoms with Gasteiger partial charge in [-0.3, -0.25) is 9.35 Å². The van der Waals surface area contributed by atoms with Gasteiger partial charge in [0.25, 0.3) is 0 Å². The molecule has 0 heterocycles. The predicted molar refractivity (Wildman–Crippen MR) is 88.5 cm³/mol. The Hall–Kier alpha value is -0.460. The largest absolute Gasteiger partial charge is 0.397 e. The van der Waals surface area contributed by atoms with Gasteiger partial charge in [-0.05, 0) is 81.0 Å². The number of carbonyl (C=O) groups excluding carboxylic acids is 1. The van der Waals surface area contributed by atoms with E-state index in [2.05, 4.69) is 6.92 Å². The molecule has 0 aromatic carbocycles. The molecule has 0 aromatic heterocycles. The third kappa shape index (κ3) is 2.74. The second-order valence-corrected chi connectivity index (χ2v) is 9.86. The minimum Gasteiger partial charge on any atom is -0.299 e. The molecular weight excluding hydrogens is 328 g/mol. The first-order valence-corrected chi connectivity index (χ1v) is 10.8. The van der Waals surface area contributed by atoms with Crippen LogP contribution in [-0.4, -0.2) is 24.9 Å². The number of Topliss-reactive ketones (excluding diaryl/α,β-unsaturated/α-hetero) is 1. The first-order valence-electron chi connectivity index (χ1n) is 9.47. The molecule has 7 atom stereocenters. The Balaban J connectivity index is 1.48. The monoisotopic (exact) mass is 356 g/mol. The third-order valence-corrected chi connectivity index (χ3v) is 8.39. The summed E-state index contributed by atoms with van der Waals surface area (Å²) in [4.78, 5) is 12.4. The molecule has 0 bridgehead atoms. The van der Waals surface area contributed by atoms with Gasteiger partial charge in [0.2, 0.25) is 0 Å². The lowest BCUT2D eigenvalue weighted by Gasteiger charge is -2.54. The van der Waals surface area contributed by atoms with Crippen molar-refractivity contribution < 1.29 is 21.9 Å². The van der Waals surface area contributed by atoms with Crippen molar-refractivity contribution in [1.82, 2.24) is 0 Å². The highest BCUT2D eigenvalue weighted by Gasteiger charge is 2.57. The molecule has 0 radical (unpaired) electrons. The molecule has 4 saturated carbocycles. The molecular formula is C18H28O5S. The van der Waals surface area contributed by atoms with E-state index < -0.39 is 10.4 Å². The number of hydrogen-bond acceptors (Lipinski definition) is 4. The fourth-order valence-corrected chi connectivity index (χ4v) is 7.36. The van der Waals surface area contributed by atoms with Crippen molar-refractivity contribution in [3.63, 3.8) is 0 Å². The van der Waals surface area contributed by atoms with Crippen LogP contribution in [0.3, 0.4) is 0 Å². The minimum absolute atomic E-state index is 0.0702. The van der Waals surface area contributed by atoms with Crippen molar-refractivity contribution in [2.45, 2.75) is 70.8 Å². The van der Waals surface area contributed by atoms with Gasteiger partial charge in [0.1, 0.15) is 5.78 Å². The van der Waals surface area contributed by atoms with Gasteiger partial charge in [0.15, 0.2) is 0 Å². The average Bonchev–Trinajstić information content (AvgIpc) is 2.81. The Morgan fingerprint density at radius 1 is 1.04 bits per heavy atom. The molecule has 0 amide bonds. The summed E-state index contributed by atoms with van der Waals surface area (Å²) in [5.74, 6) is 3.57. The molecule has 4 rings (SSSR count). The van der Waals surface area contributed by atoms with Gasteiger partial charge in [-0.2, -0.15) is 8.42 Å². The van der Waals surface area contributed by atoms with Crippen LogP contribution in [0.1, 0.15) is 64.7 Å². The number of ketones is 1. The van der Waals surface area contributed by atoms with E-state index in [1.807, 2.05) is 0 Å². The standard InChI is InChI=1S/C18H28O5S/c1-18-9-8-14-13-5-3-12(23-24(20,21)22)10-11(13)2-4-15(14)16(18)6-7-17(18)19/h11-16H,2-10H2,1H3,(H,20,21,22)/t11-,12-,13+,14-,15-,16+,18+/m1/s1. The molecule has 0 aromatic rings. The maximum atomic E-state index is 12.4. The average molecular weight is 356 g/mol. The molecule has 4 aliphatic rings. The summed E-state index contributed by atoms with van der Waals surface area (Å²) < 4.78 is 35.7. The van der Waals surface area contributed by atoms with Crippen molar-refractivity contribution in [2.75, 3.05) is 0 Å². The summed E-state index contributed by atoms with van der Waals surface area (Å²) in [5.41, 5.74) is -0.0702. The summed E-state index contributed by atoms with van der Waals surface area (Å²) in [6.45, 7) is 2.20. The number of carbonyl (C=O) groups is 1. The van der Waals surface area contributed by atoms with E-state index in [1.165, 1.54) is 0 Å². The second-order valence-electron chi connectivity index (χ2n) is 8.81. The Morgan fingerprint density at radius 3 is 2.54 bits per heavy atom. The first kappa shape index (κ1) is 17.0. The van der Waals surface area contributed by atoms with E-state index in [4.69, 9.17) is 8.74 Å². The van der Waals surface area contributed by atoms with Gasteiger partial charge in [0.05, 0.1) is 6.10 Å². The summed E-state index contributed by atoms with van der Waals surface area (Å²) in [6, 6.07) is 0. The van der Waals surface area contributed by atoms with Gasteiger partial charge in [-0.25, -0.2) is 4.18 Å². The van der Waals surface area contributed by atoms with E-state index in [0.717, 1.165) is 51.4 Å². The molecule has 136 valence electrons. The Bertz CT molecular complexity index is 629. The number of fused-ring (bicyclic) bond motifs is 5. The second kappa shape index (κ2) is 5.78.